The normalized spacial score (nSPS) is 26.1. The molecule has 2 aliphatic carbocycles. The molecule has 3 unspecified atom stereocenters. The van der Waals surface area contributed by atoms with E-state index in [1.807, 2.05) is 24.3 Å². The molecule has 3 nitrogen and oxygen atoms in total. The van der Waals surface area contributed by atoms with E-state index in [9.17, 15) is 4.79 Å². The minimum Gasteiger partial charge on any atom is -0.497 e. The van der Waals surface area contributed by atoms with Gasteiger partial charge in [-0.1, -0.05) is 26.0 Å². The van der Waals surface area contributed by atoms with Crippen LogP contribution in [0.1, 0.15) is 66.4 Å². The fourth-order valence-electron chi connectivity index (χ4n) is 5.12. The number of fused-ring (bicyclic) bond motifs is 3. The Labute approximate surface area is 161 Å². The maximum absolute atomic E-state index is 13.5. The van der Waals surface area contributed by atoms with E-state index in [-0.39, 0.29) is 11.7 Å². The summed E-state index contributed by atoms with van der Waals surface area (Å²) in [5, 5.41) is 0. The van der Waals surface area contributed by atoms with Gasteiger partial charge in [0.05, 0.1) is 20.1 Å². The molecule has 4 rings (SSSR count). The minimum absolute atomic E-state index is 0.0714. The Balaban J connectivity index is 1.82. The van der Waals surface area contributed by atoms with Gasteiger partial charge >= 0.3 is 0 Å². The van der Waals surface area contributed by atoms with Crippen molar-refractivity contribution in [1.82, 2.24) is 0 Å². The van der Waals surface area contributed by atoms with Gasteiger partial charge in [-0.25, -0.2) is 0 Å². The number of carbonyl (C=O) groups is 1. The van der Waals surface area contributed by atoms with Crippen LogP contribution in [-0.2, 0) is 0 Å². The zero-order chi connectivity index (χ0) is 19.2. The summed E-state index contributed by atoms with van der Waals surface area (Å²) in [6, 6.07) is 14.0. The Morgan fingerprint density at radius 1 is 0.963 bits per heavy atom. The van der Waals surface area contributed by atoms with Crippen molar-refractivity contribution < 1.29 is 14.3 Å². The highest BCUT2D eigenvalue weighted by Gasteiger charge is 2.47. The SMILES string of the molecule is COc1ccc(C2C(=O)c3ccc(OC)cc3C3CC(C)(C)CCC32)cc1. The molecule has 1 saturated carbocycles. The van der Waals surface area contributed by atoms with E-state index in [1.54, 1.807) is 14.2 Å². The molecule has 0 saturated heterocycles. The smallest absolute Gasteiger partial charge is 0.170 e. The molecule has 0 spiro atoms. The Hall–Kier alpha value is -2.29. The van der Waals surface area contributed by atoms with E-state index < -0.39 is 0 Å². The lowest BCUT2D eigenvalue weighted by Gasteiger charge is -2.47. The second kappa shape index (κ2) is 6.70. The lowest BCUT2D eigenvalue weighted by Crippen LogP contribution is -2.39. The van der Waals surface area contributed by atoms with Gasteiger partial charge in [0.15, 0.2) is 5.78 Å². The van der Waals surface area contributed by atoms with Crippen molar-refractivity contribution in [2.45, 2.75) is 44.9 Å². The van der Waals surface area contributed by atoms with Crippen molar-refractivity contribution in [2.24, 2.45) is 11.3 Å². The van der Waals surface area contributed by atoms with Gasteiger partial charge in [0, 0.05) is 5.56 Å². The van der Waals surface area contributed by atoms with E-state index in [4.69, 9.17) is 9.47 Å². The number of carbonyl (C=O) groups excluding carboxylic acids is 1. The first-order chi connectivity index (χ1) is 12.9. The standard InChI is InChI=1S/C24H28O3/c1-24(2)12-11-18-21(14-24)20-13-17(27-4)9-10-19(20)23(25)22(18)15-5-7-16(26-3)8-6-15/h5-10,13,18,21-22H,11-12,14H2,1-4H3. The topological polar surface area (TPSA) is 35.5 Å². The maximum Gasteiger partial charge on any atom is 0.170 e. The third kappa shape index (κ3) is 3.13. The zero-order valence-electron chi connectivity index (χ0n) is 16.6. The van der Waals surface area contributed by atoms with E-state index >= 15 is 0 Å². The van der Waals surface area contributed by atoms with Crippen molar-refractivity contribution in [3.8, 4) is 11.5 Å². The summed E-state index contributed by atoms with van der Waals surface area (Å²) >= 11 is 0. The largest absolute Gasteiger partial charge is 0.497 e. The van der Waals surface area contributed by atoms with Crippen LogP contribution < -0.4 is 9.47 Å². The highest BCUT2D eigenvalue weighted by molar-refractivity contribution is 6.04. The van der Waals surface area contributed by atoms with Gasteiger partial charge < -0.3 is 9.47 Å². The highest BCUT2D eigenvalue weighted by atomic mass is 16.5. The van der Waals surface area contributed by atoms with Crippen molar-refractivity contribution in [3.05, 3.63) is 59.2 Å². The molecule has 3 atom stereocenters. The third-order valence-electron chi connectivity index (χ3n) is 6.55. The highest BCUT2D eigenvalue weighted by Crippen LogP contribution is 2.56. The summed E-state index contributed by atoms with van der Waals surface area (Å²) in [6.07, 6.45) is 3.35. The van der Waals surface area contributed by atoms with Gasteiger partial charge in [-0.2, -0.15) is 0 Å². The molecule has 2 aromatic carbocycles. The number of methoxy groups -OCH3 is 2. The van der Waals surface area contributed by atoms with Crippen LogP contribution in [0.4, 0.5) is 0 Å². The minimum atomic E-state index is -0.0714. The summed E-state index contributed by atoms with van der Waals surface area (Å²) in [4.78, 5) is 13.5. The quantitative estimate of drug-likeness (QED) is 0.712. The zero-order valence-corrected chi connectivity index (χ0v) is 16.6. The van der Waals surface area contributed by atoms with Crippen LogP contribution in [0.5, 0.6) is 11.5 Å². The van der Waals surface area contributed by atoms with Crippen LogP contribution >= 0.6 is 0 Å². The number of benzene rings is 2. The number of Topliss-reactive ketones (excluding diaryl/α,β-unsaturated/α-hetero) is 1. The van der Waals surface area contributed by atoms with Crippen LogP contribution in [0, 0.1) is 11.3 Å². The molecule has 0 aromatic heterocycles. The first-order valence-corrected chi connectivity index (χ1v) is 9.79. The van der Waals surface area contributed by atoms with Gasteiger partial charge in [0.2, 0.25) is 0 Å². The third-order valence-corrected chi connectivity index (χ3v) is 6.55. The Kier molecular flexibility index (Phi) is 4.49. The lowest BCUT2D eigenvalue weighted by molar-refractivity contribution is 0.0797. The first-order valence-electron chi connectivity index (χ1n) is 9.79. The number of ether oxygens (including phenoxy) is 2. The van der Waals surface area contributed by atoms with Gasteiger partial charge in [0.25, 0.3) is 0 Å². The predicted octanol–water partition coefficient (Wildman–Crippen LogP) is 5.59. The molecule has 0 bridgehead atoms. The van der Waals surface area contributed by atoms with Gasteiger partial charge in [0.1, 0.15) is 11.5 Å². The average molecular weight is 364 g/mol. The molecule has 0 heterocycles. The molecule has 142 valence electrons. The molecule has 0 amide bonds. The second-order valence-corrected chi connectivity index (χ2v) is 8.75. The van der Waals surface area contributed by atoms with Gasteiger partial charge in [-0.15, -0.1) is 0 Å². The predicted molar refractivity (Wildman–Crippen MR) is 107 cm³/mol. The number of rotatable bonds is 3. The van der Waals surface area contributed by atoms with Crippen LogP contribution in [0.25, 0.3) is 0 Å². The van der Waals surface area contributed by atoms with E-state index in [0.29, 0.717) is 17.3 Å². The summed E-state index contributed by atoms with van der Waals surface area (Å²) < 4.78 is 10.8. The molecular formula is C24H28O3. The molecule has 27 heavy (non-hydrogen) atoms. The number of hydrogen-bond donors (Lipinski definition) is 0. The molecule has 0 N–H and O–H groups in total. The molecule has 0 radical (unpaired) electrons. The fraction of sp³-hybridized carbons (Fsp3) is 0.458. The molecule has 2 aliphatic rings. The van der Waals surface area contributed by atoms with Crippen molar-refractivity contribution >= 4 is 5.78 Å². The fourth-order valence-corrected chi connectivity index (χ4v) is 5.12. The van der Waals surface area contributed by atoms with Crippen molar-refractivity contribution in [3.63, 3.8) is 0 Å². The van der Waals surface area contributed by atoms with Gasteiger partial charge in [-0.3, -0.25) is 4.79 Å². The Morgan fingerprint density at radius 3 is 2.30 bits per heavy atom. The van der Waals surface area contributed by atoms with Crippen LogP contribution in [0.15, 0.2) is 42.5 Å². The van der Waals surface area contributed by atoms with Crippen LogP contribution in [0.2, 0.25) is 0 Å². The van der Waals surface area contributed by atoms with E-state index in [2.05, 4.69) is 32.0 Å². The molecular weight excluding hydrogens is 336 g/mol. The van der Waals surface area contributed by atoms with Crippen molar-refractivity contribution in [1.29, 1.82) is 0 Å². The lowest BCUT2D eigenvalue weighted by atomic mass is 9.56. The molecule has 3 heteroatoms. The first kappa shape index (κ1) is 18.1. The van der Waals surface area contributed by atoms with E-state index in [1.165, 1.54) is 5.56 Å². The average Bonchev–Trinajstić information content (AvgIpc) is 2.68. The Morgan fingerprint density at radius 2 is 1.63 bits per heavy atom. The second-order valence-electron chi connectivity index (χ2n) is 8.75. The monoisotopic (exact) mass is 364 g/mol. The summed E-state index contributed by atoms with van der Waals surface area (Å²) in [6.45, 7) is 4.70. The molecule has 2 aromatic rings. The van der Waals surface area contributed by atoms with Crippen LogP contribution in [0.3, 0.4) is 0 Å². The summed E-state index contributed by atoms with van der Waals surface area (Å²) in [5.74, 6) is 2.58. The number of ketones is 1. The maximum atomic E-state index is 13.5. The molecule has 1 fully saturated rings. The summed E-state index contributed by atoms with van der Waals surface area (Å²) in [7, 11) is 3.36. The number of hydrogen-bond acceptors (Lipinski definition) is 3. The van der Waals surface area contributed by atoms with Crippen LogP contribution in [-0.4, -0.2) is 20.0 Å². The molecule has 0 aliphatic heterocycles. The summed E-state index contributed by atoms with van der Waals surface area (Å²) in [5.41, 5.74) is 3.46. The van der Waals surface area contributed by atoms with Gasteiger partial charge in [-0.05, 0) is 78.0 Å². The van der Waals surface area contributed by atoms with Crippen molar-refractivity contribution in [2.75, 3.05) is 14.2 Å². The van der Waals surface area contributed by atoms with E-state index in [0.717, 1.165) is 41.9 Å². The Bertz CT molecular complexity index is 850.